The molecular formula is C10H16BrNO. The fourth-order valence-electron chi connectivity index (χ4n) is 0.697. The van der Waals surface area contributed by atoms with Crippen molar-refractivity contribution in [1.29, 1.82) is 0 Å². The van der Waals surface area contributed by atoms with E-state index in [9.17, 15) is 0 Å². The van der Waals surface area contributed by atoms with Gasteiger partial charge in [-0.05, 0) is 45.3 Å². The molecule has 3 heteroatoms. The van der Waals surface area contributed by atoms with E-state index in [-0.39, 0.29) is 0 Å². The second-order valence-corrected chi connectivity index (χ2v) is 3.30. The van der Waals surface area contributed by atoms with Gasteiger partial charge in [-0.1, -0.05) is 15.9 Å². The molecule has 0 heterocycles. The normalized spacial score (nSPS) is 8.62. The van der Waals surface area contributed by atoms with Crippen molar-refractivity contribution in [3.05, 3.63) is 28.7 Å². The zero-order valence-corrected chi connectivity index (χ0v) is 9.89. The van der Waals surface area contributed by atoms with Crippen LogP contribution in [0, 0.1) is 0 Å². The molecule has 0 aromatic heterocycles. The molecule has 1 aromatic rings. The first-order chi connectivity index (χ1) is 6.24. The van der Waals surface area contributed by atoms with E-state index in [0.29, 0.717) is 0 Å². The van der Waals surface area contributed by atoms with Gasteiger partial charge in [-0.3, -0.25) is 0 Å². The average molecular weight is 246 g/mol. The van der Waals surface area contributed by atoms with Crippen molar-refractivity contribution in [2.45, 2.75) is 6.92 Å². The van der Waals surface area contributed by atoms with Gasteiger partial charge in [0, 0.05) is 4.47 Å². The Hall–Kier alpha value is -0.540. The summed E-state index contributed by atoms with van der Waals surface area (Å²) in [6.07, 6.45) is 0. The van der Waals surface area contributed by atoms with E-state index in [4.69, 9.17) is 4.74 Å². The highest BCUT2D eigenvalue weighted by Gasteiger charge is 1.88. The Kier molecular flexibility index (Phi) is 7.74. The molecule has 1 N–H and O–H groups in total. The molecule has 74 valence electrons. The van der Waals surface area contributed by atoms with Gasteiger partial charge in [0.25, 0.3) is 0 Å². The maximum absolute atomic E-state index is 5.24. The molecule has 0 aliphatic rings. The highest BCUT2D eigenvalue weighted by Crippen LogP contribution is 2.15. The monoisotopic (exact) mass is 245 g/mol. The summed E-state index contributed by atoms with van der Waals surface area (Å²) < 4.78 is 6.32. The van der Waals surface area contributed by atoms with Crippen LogP contribution in [0.15, 0.2) is 28.7 Å². The van der Waals surface area contributed by atoms with Crippen LogP contribution in [0.25, 0.3) is 0 Å². The van der Waals surface area contributed by atoms with Gasteiger partial charge in [-0.15, -0.1) is 0 Å². The van der Waals surface area contributed by atoms with Gasteiger partial charge in [-0.25, -0.2) is 0 Å². The Morgan fingerprint density at radius 2 is 1.69 bits per heavy atom. The lowest BCUT2D eigenvalue weighted by atomic mass is 10.3. The summed E-state index contributed by atoms with van der Waals surface area (Å²) in [4.78, 5) is 0. The summed E-state index contributed by atoms with van der Waals surface area (Å²) in [5.74, 6) is 0.922. The van der Waals surface area contributed by atoms with Crippen molar-refractivity contribution >= 4 is 15.9 Å². The molecule has 1 aromatic carbocycles. The number of ether oxygens (including phenoxy) is 1. The SMILES string of the molecule is CCOc1ccc(Br)cc1.CNC. The predicted octanol–water partition coefficient (Wildman–Crippen LogP) is 2.68. The van der Waals surface area contributed by atoms with Crippen molar-refractivity contribution in [2.24, 2.45) is 0 Å². The van der Waals surface area contributed by atoms with Crippen LogP contribution in [0.2, 0.25) is 0 Å². The van der Waals surface area contributed by atoms with Crippen LogP contribution < -0.4 is 10.1 Å². The van der Waals surface area contributed by atoms with Crippen LogP contribution in [0.5, 0.6) is 5.75 Å². The largest absolute Gasteiger partial charge is 0.494 e. The van der Waals surface area contributed by atoms with Gasteiger partial charge < -0.3 is 10.1 Å². The third kappa shape index (κ3) is 6.61. The molecular weight excluding hydrogens is 230 g/mol. The molecule has 2 nitrogen and oxygen atoms in total. The highest BCUT2D eigenvalue weighted by atomic mass is 79.9. The minimum Gasteiger partial charge on any atom is -0.494 e. The van der Waals surface area contributed by atoms with E-state index >= 15 is 0 Å². The second kappa shape index (κ2) is 8.08. The first-order valence-corrected chi connectivity index (χ1v) is 5.00. The zero-order valence-electron chi connectivity index (χ0n) is 8.30. The van der Waals surface area contributed by atoms with Gasteiger partial charge >= 0.3 is 0 Å². The third-order valence-corrected chi connectivity index (χ3v) is 1.65. The Morgan fingerprint density at radius 3 is 2.08 bits per heavy atom. The van der Waals surface area contributed by atoms with Crippen molar-refractivity contribution in [2.75, 3.05) is 20.7 Å². The Morgan fingerprint density at radius 1 is 1.23 bits per heavy atom. The molecule has 0 radical (unpaired) electrons. The Bertz CT molecular complexity index is 211. The summed E-state index contributed by atoms with van der Waals surface area (Å²) in [7, 11) is 3.75. The maximum atomic E-state index is 5.24. The fraction of sp³-hybridized carbons (Fsp3) is 0.400. The highest BCUT2D eigenvalue weighted by molar-refractivity contribution is 9.10. The summed E-state index contributed by atoms with van der Waals surface area (Å²) >= 11 is 3.34. The lowest BCUT2D eigenvalue weighted by molar-refractivity contribution is 0.340. The van der Waals surface area contributed by atoms with Crippen LogP contribution >= 0.6 is 15.9 Å². The van der Waals surface area contributed by atoms with Crippen molar-refractivity contribution in [3.8, 4) is 5.75 Å². The lowest BCUT2D eigenvalue weighted by Crippen LogP contribution is -1.89. The summed E-state index contributed by atoms with van der Waals surface area (Å²) in [5, 5.41) is 2.75. The standard InChI is InChI=1S/C8H9BrO.C2H7N/c1-2-10-8-5-3-7(9)4-6-8;1-3-2/h3-6H,2H2,1H3;3H,1-2H3. The van der Waals surface area contributed by atoms with Crippen LogP contribution in [-0.2, 0) is 0 Å². The summed E-state index contributed by atoms with van der Waals surface area (Å²) in [6, 6.07) is 7.80. The molecule has 0 unspecified atom stereocenters. The van der Waals surface area contributed by atoms with Gasteiger partial charge in [0.15, 0.2) is 0 Å². The molecule has 0 amide bonds. The zero-order chi connectivity index (χ0) is 10.1. The lowest BCUT2D eigenvalue weighted by Gasteiger charge is -2.00. The summed E-state index contributed by atoms with van der Waals surface area (Å²) in [6.45, 7) is 2.70. The van der Waals surface area contributed by atoms with Gasteiger partial charge in [-0.2, -0.15) is 0 Å². The first kappa shape index (κ1) is 12.5. The number of halogens is 1. The Labute approximate surface area is 88.4 Å². The van der Waals surface area contributed by atoms with Gasteiger partial charge in [0.05, 0.1) is 6.61 Å². The van der Waals surface area contributed by atoms with E-state index in [0.717, 1.165) is 16.8 Å². The number of hydrogen-bond donors (Lipinski definition) is 1. The molecule has 0 bridgehead atoms. The molecule has 0 saturated heterocycles. The first-order valence-electron chi connectivity index (χ1n) is 4.21. The van der Waals surface area contributed by atoms with E-state index in [1.165, 1.54) is 0 Å². The fourth-order valence-corrected chi connectivity index (χ4v) is 0.962. The predicted molar refractivity (Wildman–Crippen MR) is 60.3 cm³/mol. The van der Waals surface area contributed by atoms with Crippen LogP contribution in [0.3, 0.4) is 0 Å². The summed E-state index contributed by atoms with van der Waals surface area (Å²) in [5.41, 5.74) is 0. The average Bonchev–Trinajstić information content (AvgIpc) is 2.11. The van der Waals surface area contributed by atoms with E-state index < -0.39 is 0 Å². The molecule has 0 spiro atoms. The van der Waals surface area contributed by atoms with Crippen LogP contribution in [0.1, 0.15) is 6.92 Å². The molecule has 0 aliphatic carbocycles. The smallest absolute Gasteiger partial charge is 0.119 e. The number of rotatable bonds is 2. The number of hydrogen-bond acceptors (Lipinski definition) is 2. The quantitative estimate of drug-likeness (QED) is 0.866. The second-order valence-electron chi connectivity index (χ2n) is 2.39. The molecule has 0 saturated carbocycles. The number of benzene rings is 1. The maximum Gasteiger partial charge on any atom is 0.119 e. The number of nitrogens with one attached hydrogen (secondary N) is 1. The van der Waals surface area contributed by atoms with E-state index in [1.807, 2.05) is 45.3 Å². The van der Waals surface area contributed by atoms with Crippen molar-refractivity contribution in [3.63, 3.8) is 0 Å². The topological polar surface area (TPSA) is 21.3 Å². The van der Waals surface area contributed by atoms with Crippen molar-refractivity contribution < 1.29 is 4.74 Å². The van der Waals surface area contributed by atoms with Gasteiger partial charge in [0.1, 0.15) is 5.75 Å². The molecule has 1 rings (SSSR count). The van der Waals surface area contributed by atoms with E-state index in [2.05, 4.69) is 21.2 Å². The third-order valence-electron chi connectivity index (χ3n) is 1.12. The molecule has 13 heavy (non-hydrogen) atoms. The Balaban J connectivity index is 0.000000424. The van der Waals surface area contributed by atoms with Crippen LogP contribution in [-0.4, -0.2) is 20.7 Å². The molecule has 0 aliphatic heterocycles. The van der Waals surface area contributed by atoms with E-state index in [1.54, 1.807) is 0 Å². The molecule has 0 fully saturated rings. The molecule has 0 atom stereocenters. The minimum absolute atomic E-state index is 0.724. The minimum atomic E-state index is 0.724. The van der Waals surface area contributed by atoms with Gasteiger partial charge in [0.2, 0.25) is 0 Å². The van der Waals surface area contributed by atoms with Crippen LogP contribution in [0.4, 0.5) is 0 Å². The van der Waals surface area contributed by atoms with Crippen molar-refractivity contribution in [1.82, 2.24) is 5.32 Å².